The standard InChI is InChI=1S/C19H24N2O4/c1-3-24-12-13-25-16-10-8-15(9-11-16)20-14-19(22)21-17-6-4-5-7-18(17)23-2/h4-11,20H,3,12-14H2,1-2H3,(H,21,22). The highest BCUT2D eigenvalue weighted by molar-refractivity contribution is 5.95. The zero-order chi connectivity index (χ0) is 17.9. The molecule has 0 radical (unpaired) electrons. The van der Waals surface area contributed by atoms with E-state index in [1.165, 1.54) is 0 Å². The molecule has 2 aromatic rings. The molecule has 0 bridgehead atoms. The molecular formula is C19H24N2O4. The summed E-state index contributed by atoms with van der Waals surface area (Å²) < 4.78 is 16.0. The van der Waals surface area contributed by atoms with Gasteiger partial charge in [-0.25, -0.2) is 0 Å². The number of para-hydroxylation sites is 2. The van der Waals surface area contributed by atoms with Crippen LogP contribution < -0.4 is 20.1 Å². The van der Waals surface area contributed by atoms with Crippen LogP contribution in [0.1, 0.15) is 6.92 Å². The Morgan fingerprint density at radius 2 is 1.80 bits per heavy atom. The van der Waals surface area contributed by atoms with Crippen LogP contribution in [0, 0.1) is 0 Å². The lowest BCUT2D eigenvalue weighted by Crippen LogP contribution is -2.22. The molecule has 2 rings (SSSR count). The van der Waals surface area contributed by atoms with Crippen LogP contribution in [0.15, 0.2) is 48.5 Å². The Balaban J connectivity index is 1.77. The van der Waals surface area contributed by atoms with Gasteiger partial charge in [-0.1, -0.05) is 12.1 Å². The summed E-state index contributed by atoms with van der Waals surface area (Å²) in [5.74, 6) is 1.25. The number of methoxy groups -OCH3 is 1. The molecular weight excluding hydrogens is 320 g/mol. The fraction of sp³-hybridized carbons (Fsp3) is 0.316. The molecule has 0 atom stereocenters. The van der Waals surface area contributed by atoms with Crippen LogP contribution in [-0.2, 0) is 9.53 Å². The monoisotopic (exact) mass is 344 g/mol. The van der Waals surface area contributed by atoms with Crippen molar-refractivity contribution in [3.05, 3.63) is 48.5 Å². The Labute approximate surface area is 148 Å². The van der Waals surface area contributed by atoms with Crippen LogP contribution in [0.3, 0.4) is 0 Å². The predicted molar refractivity (Wildman–Crippen MR) is 98.5 cm³/mol. The topological polar surface area (TPSA) is 68.8 Å². The maximum absolute atomic E-state index is 12.1. The van der Waals surface area contributed by atoms with Crippen LogP contribution in [0.2, 0.25) is 0 Å². The Kier molecular flexibility index (Phi) is 7.59. The highest BCUT2D eigenvalue weighted by atomic mass is 16.5. The van der Waals surface area contributed by atoms with Gasteiger partial charge in [-0.15, -0.1) is 0 Å². The minimum absolute atomic E-state index is 0.151. The first-order valence-electron chi connectivity index (χ1n) is 8.20. The highest BCUT2D eigenvalue weighted by Gasteiger charge is 2.06. The van der Waals surface area contributed by atoms with Crippen molar-refractivity contribution in [2.45, 2.75) is 6.92 Å². The number of hydrogen-bond donors (Lipinski definition) is 2. The second-order valence-electron chi connectivity index (χ2n) is 5.17. The number of amides is 1. The van der Waals surface area contributed by atoms with Crippen molar-refractivity contribution in [2.75, 3.05) is 44.1 Å². The molecule has 0 saturated carbocycles. The number of ether oxygens (including phenoxy) is 3. The molecule has 0 aliphatic carbocycles. The number of carbonyl (C=O) groups excluding carboxylic acids is 1. The van der Waals surface area contributed by atoms with Crippen molar-refractivity contribution in [3.8, 4) is 11.5 Å². The Morgan fingerprint density at radius 1 is 1.04 bits per heavy atom. The maximum atomic E-state index is 12.1. The third-order valence-electron chi connectivity index (χ3n) is 3.39. The van der Waals surface area contributed by atoms with Gasteiger partial charge in [0.15, 0.2) is 0 Å². The second kappa shape index (κ2) is 10.2. The van der Waals surface area contributed by atoms with Gasteiger partial charge in [-0.05, 0) is 43.3 Å². The summed E-state index contributed by atoms with van der Waals surface area (Å²) in [7, 11) is 1.57. The second-order valence-corrected chi connectivity index (χ2v) is 5.17. The van der Waals surface area contributed by atoms with Crippen molar-refractivity contribution in [1.29, 1.82) is 0 Å². The summed E-state index contributed by atoms with van der Waals surface area (Å²) in [5.41, 5.74) is 1.49. The van der Waals surface area contributed by atoms with E-state index in [9.17, 15) is 4.79 Å². The van der Waals surface area contributed by atoms with Gasteiger partial charge in [-0.3, -0.25) is 4.79 Å². The number of hydrogen-bond acceptors (Lipinski definition) is 5. The molecule has 134 valence electrons. The summed E-state index contributed by atoms with van der Waals surface area (Å²) in [6.07, 6.45) is 0. The molecule has 0 spiro atoms. The summed E-state index contributed by atoms with van der Waals surface area (Å²) in [6.45, 7) is 3.87. The van der Waals surface area contributed by atoms with Gasteiger partial charge in [0.2, 0.25) is 5.91 Å². The summed E-state index contributed by atoms with van der Waals surface area (Å²) >= 11 is 0. The van der Waals surface area contributed by atoms with Crippen molar-refractivity contribution < 1.29 is 19.0 Å². The minimum atomic E-state index is -0.151. The van der Waals surface area contributed by atoms with Gasteiger partial charge >= 0.3 is 0 Å². The third kappa shape index (κ3) is 6.35. The van der Waals surface area contributed by atoms with Crippen molar-refractivity contribution >= 4 is 17.3 Å². The van der Waals surface area contributed by atoms with Crippen LogP contribution in [0.5, 0.6) is 11.5 Å². The van der Waals surface area contributed by atoms with Gasteiger partial charge in [0.1, 0.15) is 18.1 Å². The molecule has 0 fully saturated rings. The zero-order valence-corrected chi connectivity index (χ0v) is 14.6. The molecule has 2 aromatic carbocycles. The lowest BCUT2D eigenvalue weighted by Gasteiger charge is -2.11. The molecule has 0 aromatic heterocycles. The van der Waals surface area contributed by atoms with E-state index in [1.807, 2.05) is 43.3 Å². The minimum Gasteiger partial charge on any atom is -0.495 e. The third-order valence-corrected chi connectivity index (χ3v) is 3.39. The number of nitrogens with one attached hydrogen (secondary N) is 2. The summed E-state index contributed by atoms with van der Waals surface area (Å²) in [4.78, 5) is 12.1. The van der Waals surface area contributed by atoms with E-state index < -0.39 is 0 Å². The summed E-state index contributed by atoms with van der Waals surface area (Å²) in [5, 5.41) is 5.89. The Morgan fingerprint density at radius 3 is 2.52 bits per heavy atom. The summed E-state index contributed by atoms with van der Waals surface area (Å²) in [6, 6.07) is 14.7. The SMILES string of the molecule is CCOCCOc1ccc(NCC(=O)Nc2ccccc2OC)cc1. The normalized spacial score (nSPS) is 10.2. The largest absolute Gasteiger partial charge is 0.495 e. The Hall–Kier alpha value is -2.73. The van der Waals surface area contributed by atoms with Crippen molar-refractivity contribution in [1.82, 2.24) is 0 Å². The van der Waals surface area contributed by atoms with E-state index in [4.69, 9.17) is 14.2 Å². The van der Waals surface area contributed by atoms with Crippen LogP contribution in [0.25, 0.3) is 0 Å². The van der Waals surface area contributed by atoms with Gasteiger partial charge in [-0.2, -0.15) is 0 Å². The lowest BCUT2D eigenvalue weighted by molar-refractivity contribution is -0.114. The van der Waals surface area contributed by atoms with E-state index in [1.54, 1.807) is 19.2 Å². The molecule has 0 heterocycles. The number of rotatable bonds is 10. The van der Waals surface area contributed by atoms with Crippen LogP contribution in [0.4, 0.5) is 11.4 Å². The van der Waals surface area contributed by atoms with Crippen molar-refractivity contribution in [2.24, 2.45) is 0 Å². The van der Waals surface area contributed by atoms with E-state index >= 15 is 0 Å². The van der Waals surface area contributed by atoms with Gasteiger partial charge in [0.25, 0.3) is 0 Å². The molecule has 6 nitrogen and oxygen atoms in total. The first-order valence-corrected chi connectivity index (χ1v) is 8.20. The smallest absolute Gasteiger partial charge is 0.243 e. The quantitative estimate of drug-likeness (QED) is 0.648. The molecule has 6 heteroatoms. The van der Waals surface area contributed by atoms with E-state index in [-0.39, 0.29) is 12.5 Å². The highest BCUT2D eigenvalue weighted by Crippen LogP contribution is 2.22. The van der Waals surface area contributed by atoms with Gasteiger partial charge < -0.3 is 24.8 Å². The molecule has 0 aliphatic rings. The number of anilines is 2. The Bertz CT molecular complexity index is 659. The fourth-order valence-electron chi connectivity index (χ4n) is 2.16. The van der Waals surface area contributed by atoms with Gasteiger partial charge in [0, 0.05) is 12.3 Å². The van der Waals surface area contributed by atoms with Crippen LogP contribution >= 0.6 is 0 Å². The lowest BCUT2D eigenvalue weighted by atomic mass is 10.3. The van der Waals surface area contributed by atoms with Crippen LogP contribution in [-0.4, -0.2) is 39.4 Å². The van der Waals surface area contributed by atoms with Crippen molar-refractivity contribution in [3.63, 3.8) is 0 Å². The average molecular weight is 344 g/mol. The maximum Gasteiger partial charge on any atom is 0.243 e. The first kappa shape index (κ1) is 18.6. The van der Waals surface area contributed by atoms with E-state index in [2.05, 4.69) is 10.6 Å². The average Bonchev–Trinajstić information content (AvgIpc) is 2.65. The zero-order valence-electron chi connectivity index (χ0n) is 14.6. The molecule has 0 unspecified atom stereocenters. The number of benzene rings is 2. The van der Waals surface area contributed by atoms with E-state index in [0.29, 0.717) is 31.3 Å². The molecule has 25 heavy (non-hydrogen) atoms. The first-order chi connectivity index (χ1) is 12.2. The van der Waals surface area contributed by atoms with Gasteiger partial charge in [0.05, 0.1) is 25.9 Å². The molecule has 0 aliphatic heterocycles. The number of carbonyl (C=O) groups is 1. The molecule has 2 N–H and O–H groups in total. The van der Waals surface area contributed by atoms with E-state index in [0.717, 1.165) is 11.4 Å². The predicted octanol–water partition coefficient (Wildman–Crippen LogP) is 3.16. The molecule has 1 amide bonds. The molecule has 0 saturated heterocycles. The fourth-order valence-corrected chi connectivity index (χ4v) is 2.16.